The average molecular weight is 360 g/mol. The van der Waals surface area contributed by atoms with Crippen LogP contribution in [-0.4, -0.2) is 9.55 Å². The molecule has 0 unspecified atom stereocenters. The van der Waals surface area contributed by atoms with Crippen molar-refractivity contribution < 1.29 is 4.39 Å². The number of fused-ring (bicyclic) bond motifs is 1. The van der Waals surface area contributed by atoms with Gasteiger partial charge in [-0.05, 0) is 40.2 Å². The van der Waals surface area contributed by atoms with E-state index < -0.39 is 0 Å². The van der Waals surface area contributed by atoms with Crippen molar-refractivity contribution in [3.8, 4) is 0 Å². The van der Waals surface area contributed by atoms with Crippen LogP contribution < -0.4 is 0 Å². The summed E-state index contributed by atoms with van der Waals surface area (Å²) in [6.07, 6.45) is 0. The van der Waals surface area contributed by atoms with Gasteiger partial charge in [-0.1, -0.05) is 0 Å². The van der Waals surface area contributed by atoms with Crippen molar-refractivity contribution >= 4 is 49.9 Å². The first-order valence-electron chi connectivity index (χ1n) is 5.61. The van der Waals surface area contributed by atoms with Crippen LogP contribution in [0.25, 0.3) is 11.0 Å². The highest BCUT2D eigenvalue weighted by molar-refractivity contribution is 9.10. The number of aromatic nitrogens is 2. The van der Waals surface area contributed by atoms with Gasteiger partial charge in [0.25, 0.3) is 0 Å². The number of nitrogens with zero attached hydrogens (tertiary/aromatic N) is 2. The number of alkyl halides is 1. The summed E-state index contributed by atoms with van der Waals surface area (Å²) in [7, 11) is 0. The quantitative estimate of drug-likeness (QED) is 0.615. The summed E-state index contributed by atoms with van der Waals surface area (Å²) in [5.74, 6) is 0.803. The van der Waals surface area contributed by atoms with Gasteiger partial charge < -0.3 is 4.57 Å². The molecule has 19 heavy (non-hydrogen) atoms. The zero-order valence-electron chi connectivity index (χ0n) is 9.74. The summed E-state index contributed by atoms with van der Waals surface area (Å²) in [6.45, 7) is 0.651. The van der Waals surface area contributed by atoms with Crippen molar-refractivity contribution in [2.75, 3.05) is 0 Å². The molecule has 2 nitrogen and oxygen atoms in total. The minimum atomic E-state index is -0.262. The van der Waals surface area contributed by atoms with E-state index in [1.54, 1.807) is 17.4 Å². The first kappa shape index (κ1) is 13.1. The zero-order valence-corrected chi connectivity index (χ0v) is 12.9. The molecule has 2 aromatic heterocycles. The normalized spacial score (nSPS) is 11.3. The third kappa shape index (κ3) is 2.55. The van der Waals surface area contributed by atoms with Crippen LogP contribution >= 0.6 is 38.9 Å². The Morgan fingerprint density at radius 1 is 1.37 bits per heavy atom. The Bertz CT molecular complexity index is 737. The van der Waals surface area contributed by atoms with E-state index in [9.17, 15) is 4.39 Å². The number of benzene rings is 1. The molecule has 0 amide bonds. The second kappa shape index (κ2) is 5.23. The Balaban J connectivity index is 2.12. The fourth-order valence-electron chi connectivity index (χ4n) is 2.02. The molecule has 98 valence electrons. The van der Waals surface area contributed by atoms with Crippen molar-refractivity contribution in [2.24, 2.45) is 0 Å². The third-order valence-electron chi connectivity index (χ3n) is 2.84. The molecule has 0 spiro atoms. The molecule has 0 radical (unpaired) electrons. The zero-order chi connectivity index (χ0) is 13.4. The molecule has 3 rings (SSSR count). The summed E-state index contributed by atoms with van der Waals surface area (Å²) in [6, 6.07) is 6.65. The van der Waals surface area contributed by atoms with E-state index in [2.05, 4.69) is 20.9 Å². The van der Waals surface area contributed by atoms with Crippen molar-refractivity contribution in [3.05, 3.63) is 50.6 Å². The molecule has 0 fully saturated rings. The van der Waals surface area contributed by atoms with Crippen LogP contribution in [0.3, 0.4) is 0 Å². The Kier molecular flexibility index (Phi) is 3.60. The summed E-state index contributed by atoms with van der Waals surface area (Å²) in [4.78, 5) is 5.60. The van der Waals surface area contributed by atoms with Crippen LogP contribution in [0.5, 0.6) is 0 Å². The molecule has 0 bridgehead atoms. The molecular formula is C13H9BrClFN2S. The Labute approximate surface area is 127 Å². The standard InChI is InChI=1S/C13H9BrClFN2S/c14-8-3-10(19-7-8)6-18-12-4-9(16)1-2-11(12)17-13(18)5-15/h1-4,7H,5-6H2. The van der Waals surface area contributed by atoms with Crippen LogP contribution in [0.4, 0.5) is 4.39 Å². The maximum atomic E-state index is 13.4. The van der Waals surface area contributed by atoms with Gasteiger partial charge in [-0.15, -0.1) is 22.9 Å². The average Bonchev–Trinajstić information content (AvgIpc) is 2.94. The highest BCUT2D eigenvalue weighted by atomic mass is 79.9. The lowest BCUT2D eigenvalue weighted by Gasteiger charge is -2.05. The molecular weight excluding hydrogens is 351 g/mol. The van der Waals surface area contributed by atoms with Crippen LogP contribution in [-0.2, 0) is 12.4 Å². The van der Waals surface area contributed by atoms with Crippen molar-refractivity contribution in [3.63, 3.8) is 0 Å². The third-order valence-corrected chi connectivity index (χ3v) is 4.77. The topological polar surface area (TPSA) is 17.8 Å². The molecule has 0 aliphatic heterocycles. The van der Waals surface area contributed by atoms with E-state index in [0.29, 0.717) is 12.4 Å². The monoisotopic (exact) mass is 358 g/mol. The minimum absolute atomic E-state index is 0.262. The van der Waals surface area contributed by atoms with Gasteiger partial charge >= 0.3 is 0 Å². The van der Waals surface area contributed by atoms with Gasteiger partial charge in [0, 0.05) is 14.7 Å². The second-order valence-electron chi connectivity index (χ2n) is 4.11. The van der Waals surface area contributed by atoms with E-state index in [1.807, 2.05) is 16.0 Å². The number of hydrogen-bond acceptors (Lipinski definition) is 2. The molecule has 2 heterocycles. The highest BCUT2D eigenvalue weighted by Crippen LogP contribution is 2.24. The first-order valence-corrected chi connectivity index (χ1v) is 7.81. The van der Waals surface area contributed by atoms with Gasteiger partial charge in [0.1, 0.15) is 11.6 Å². The highest BCUT2D eigenvalue weighted by Gasteiger charge is 2.12. The lowest BCUT2D eigenvalue weighted by molar-refractivity contribution is 0.628. The molecule has 6 heteroatoms. The lowest BCUT2D eigenvalue weighted by atomic mass is 10.3. The van der Waals surface area contributed by atoms with Gasteiger partial charge in [0.15, 0.2) is 0 Å². The van der Waals surface area contributed by atoms with Crippen molar-refractivity contribution in [1.82, 2.24) is 9.55 Å². The van der Waals surface area contributed by atoms with Gasteiger partial charge in [-0.3, -0.25) is 0 Å². The summed E-state index contributed by atoms with van der Waals surface area (Å²) < 4.78 is 16.4. The van der Waals surface area contributed by atoms with Crippen molar-refractivity contribution in [2.45, 2.75) is 12.4 Å². The van der Waals surface area contributed by atoms with Gasteiger partial charge in [0.2, 0.25) is 0 Å². The lowest BCUT2D eigenvalue weighted by Crippen LogP contribution is -2.02. The summed E-state index contributed by atoms with van der Waals surface area (Å²) in [5.41, 5.74) is 1.55. The maximum Gasteiger partial charge on any atom is 0.125 e. The molecule has 0 atom stereocenters. The van der Waals surface area contributed by atoms with Crippen LogP contribution in [0.15, 0.2) is 34.1 Å². The summed E-state index contributed by atoms with van der Waals surface area (Å²) >= 11 is 11.0. The first-order chi connectivity index (χ1) is 9.17. The predicted octanol–water partition coefficient (Wildman–Crippen LogP) is 4.79. The molecule has 0 saturated carbocycles. The van der Waals surface area contributed by atoms with E-state index >= 15 is 0 Å². The molecule has 0 N–H and O–H groups in total. The largest absolute Gasteiger partial charge is 0.322 e. The number of halogens is 3. The molecule has 0 saturated heterocycles. The van der Waals surface area contributed by atoms with Crippen molar-refractivity contribution in [1.29, 1.82) is 0 Å². The van der Waals surface area contributed by atoms with E-state index in [4.69, 9.17) is 11.6 Å². The SMILES string of the molecule is Fc1ccc2nc(CCl)n(Cc3cc(Br)cs3)c2c1. The fraction of sp³-hybridized carbons (Fsp3) is 0.154. The number of hydrogen-bond donors (Lipinski definition) is 0. The number of rotatable bonds is 3. The molecule has 0 aliphatic carbocycles. The van der Waals surface area contributed by atoms with E-state index in [-0.39, 0.29) is 5.82 Å². The van der Waals surface area contributed by atoms with Gasteiger partial charge in [-0.25, -0.2) is 9.37 Å². The van der Waals surface area contributed by atoms with E-state index in [1.165, 1.54) is 17.0 Å². The number of imidazole rings is 1. The molecule has 3 aromatic rings. The second-order valence-corrected chi connectivity index (χ2v) is 6.29. The van der Waals surface area contributed by atoms with Crippen LogP contribution in [0, 0.1) is 5.82 Å². The van der Waals surface area contributed by atoms with Gasteiger partial charge in [0.05, 0.1) is 23.5 Å². The fourth-order valence-corrected chi connectivity index (χ4v) is 3.66. The van der Waals surface area contributed by atoms with Gasteiger partial charge in [-0.2, -0.15) is 0 Å². The Hall–Kier alpha value is -0.910. The predicted molar refractivity (Wildman–Crippen MR) is 80.4 cm³/mol. The Morgan fingerprint density at radius 2 is 2.21 bits per heavy atom. The smallest absolute Gasteiger partial charge is 0.125 e. The summed E-state index contributed by atoms with van der Waals surface area (Å²) in [5, 5.41) is 2.02. The molecule has 1 aromatic carbocycles. The van der Waals surface area contributed by atoms with E-state index in [0.717, 1.165) is 21.3 Å². The minimum Gasteiger partial charge on any atom is -0.322 e. The van der Waals surface area contributed by atoms with Crippen LogP contribution in [0.1, 0.15) is 10.7 Å². The number of thiophene rings is 1. The maximum absolute atomic E-state index is 13.4. The molecule has 0 aliphatic rings. The Morgan fingerprint density at radius 3 is 2.89 bits per heavy atom. The van der Waals surface area contributed by atoms with Crippen LogP contribution in [0.2, 0.25) is 0 Å².